The lowest BCUT2D eigenvalue weighted by atomic mass is 9.81. The van der Waals surface area contributed by atoms with Crippen LogP contribution >= 0.6 is 0 Å². The zero-order valence-electron chi connectivity index (χ0n) is 8.10. The Kier molecular flexibility index (Phi) is 2.70. The average molecular weight is 184 g/mol. The Morgan fingerprint density at radius 1 is 1.29 bits per heavy atom. The molecule has 1 atom stereocenters. The maximum Gasteiger partial charge on any atom is 0.162 e. The summed E-state index contributed by atoms with van der Waals surface area (Å²) in [5, 5.41) is 0. The monoisotopic (exact) mass is 184 g/mol. The van der Waals surface area contributed by atoms with Crippen molar-refractivity contribution >= 4 is 5.78 Å². The molecule has 0 radical (unpaired) electrons. The minimum Gasteiger partial charge on any atom is -0.294 e. The molecule has 1 unspecified atom stereocenters. The third kappa shape index (κ3) is 1.88. The maximum atomic E-state index is 11.9. The van der Waals surface area contributed by atoms with E-state index in [4.69, 9.17) is 0 Å². The van der Waals surface area contributed by atoms with Gasteiger partial charge >= 0.3 is 0 Å². The first-order valence-electron chi connectivity index (χ1n) is 5.09. The maximum absolute atomic E-state index is 11.9. The van der Waals surface area contributed by atoms with E-state index in [1.165, 1.54) is 0 Å². The quantitative estimate of drug-likeness (QED) is 0.527. The van der Waals surface area contributed by atoms with Crippen LogP contribution in [0.1, 0.15) is 32.1 Å². The van der Waals surface area contributed by atoms with Crippen molar-refractivity contribution in [2.75, 3.05) is 0 Å². The van der Waals surface area contributed by atoms with Crippen LogP contribution in [-0.4, -0.2) is 5.78 Å². The highest BCUT2D eigenvalue weighted by atomic mass is 16.1. The van der Waals surface area contributed by atoms with Crippen LogP contribution in [0.5, 0.6) is 0 Å². The predicted octanol–water partition coefficient (Wildman–Crippen LogP) is 2.08. The van der Waals surface area contributed by atoms with Gasteiger partial charge in [0.2, 0.25) is 0 Å². The fourth-order valence-electron chi connectivity index (χ4n) is 1.99. The van der Waals surface area contributed by atoms with Gasteiger partial charge in [-0.15, -0.1) is 0 Å². The van der Waals surface area contributed by atoms with Crippen molar-refractivity contribution in [2.24, 2.45) is 5.92 Å². The number of ketones is 1. The van der Waals surface area contributed by atoms with Crippen LogP contribution in [0.4, 0.5) is 0 Å². The van der Waals surface area contributed by atoms with Gasteiger partial charge in [0.15, 0.2) is 5.78 Å². The van der Waals surface area contributed by atoms with Gasteiger partial charge in [-0.25, -0.2) is 0 Å². The minimum absolute atomic E-state index is 0.212. The highest BCUT2D eigenvalue weighted by molar-refractivity contribution is 5.98. The SMILES string of the molecule is O=C1/C2=C\C#CC#CCCC1CCC2. The van der Waals surface area contributed by atoms with E-state index < -0.39 is 0 Å². The highest BCUT2D eigenvalue weighted by Crippen LogP contribution is 2.28. The molecule has 14 heavy (non-hydrogen) atoms. The van der Waals surface area contributed by atoms with Crippen molar-refractivity contribution in [3.8, 4) is 23.7 Å². The molecule has 0 aliphatic heterocycles. The number of Topliss-reactive ketones (excluding diaryl/α,β-unsaturated/α-hetero) is 1. The second-order valence-electron chi connectivity index (χ2n) is 3.73. The van der Waals surface area contributed by atoms with E-state index in [1.807, 2.05) is 0 Å². The van der Waals surface area contributed by atoms with Crippen LogP contribution in [0.2, 0.25) is 0 Å². The summed E-state index contributed by atoms with van der Waals surface area (Å²) in [5.74, 6) is 11.9. The molecule has 0 aromatic rings. The largest absolute Gasteiger partial charge is 0.294 e. The van der Waals surface area contributed by atoms with Gasteiger partial charge in [0.25, 0.3) is 0 Å². The molecule has 0 amide bonds. The first kappa shape index (κ1) is 9.10. The van der Waals surface area contributed by atoms with Gasteiger partial charge in [-0.2, -0.15) is 0 Å². The van der Waals surface area contributed by atoms with Crippen LogP contribution in [-0.2, 0) is 4.79 Å². The molecule has 0 saturated heterocycles. The van der Waals surface area contributed by atoms with Gasteiger partial charge < -0.3 is 0 Å². The smallest absolute Gasteiger partial charge is 0.162 e. The molecular formula is C13H12O. The number of fused-ring (bicyclic) bond motifs is 2. The lowest BCUT2D eigenvalue weighted by molar-refractivity contribution is -0.120. The summed E-state index contributed by atoms with van der Waals surface area (Å²) in [5.41, 5.74) is 0.914. The fourth-order valence-corrected chi connectivity index (χ4v) is 1.99. The molecule has 0 heterocycles. The van der Waals surface area contributed by atoms with Crippen molar-refractivity contribution in [1.29, 1.82) is 0 Å². The van der Waals surface area contributed by atoms with Crippen LogP contribution in [0.15, 0.2) is 11.6 Å². The predicted molar refractivity (Wildman–Crippen MR) is 55.2 cm³/mol. The standard InChI is InChI=1S/C13H12O/c14-13-11-7-4-2-1-3-5-8-12(13)10-6-9-11/h8,11H,4,6-7,9-10H2/b12-8-. The third-order valence-corrected chi connectivity index (χ3v) is 2.77. The van der Waals surface area contributed by atoms with Gasteiger partial charge in [-0.05, 0) is 43.6 Å². The zero-order chi connectivity index (χ0) is 9.80. The first-order chi connectivity index (χ1) is 6.88. The van der Waals surface area contributed by atoms with E-state index in [0.29, 0.717) is 5.78 Å². The molecule has 1 saturated carbocycles. The number of rotatable bonds is 0. The van der Waals surface area contributed by atoms with Crippen molar-refractivity contribution in [2.45, 2.75) is 32.1 Å². The van der Waals surface area contributed by atoms with E-state index in [0.717, 1.165) is 37.7 Å². The lowest BCUT2D eigenvalue weighted by Gasteiger charge is -2.21. The molecule has 0 aromatic carbocycles. The topological polar surface area (TPSA) is 17.1 Å². The van der Waals surface area contributed by atoms with Gasteiger partial charge in [0.1, 0.15) is 0 Å². The van der Waals surface area contributed by atoms with Crippen molar-refractivity contribution < 1.29 is 4.79 Å². The molecule has 1 fully saturated rings. The zero-order valence-corrected chi connectivity index (χ0v) is 8.10. The third-order valence-electron chi connectivity index (χ3n) is 2.77. The molecule has 0 N–H and O–H groups in total. The van der Waals surface area contributed by atoms with E-state index in [-0.39, 0.29) is 5.92 Å². The van der Waals surface area contributed by atoms with Crippen LogP contribution in [0, 0.1) is 29.6 Å². The average Bonchev–Trinajstić information content (AvgIpc) is 2.18. The molecule has 1 nitrogen and oxygen atoms in total. The Bertz CT molecular complexity index is 392. The van der Waals surface area contributed by atoms with Crippen molar-refractivity contribution in [1.82, 2.24) is 0 Å². The summed E-state index contributed by atoms with van der Waals surface area (Å²) < 4.78 is 0. The Morgan fingerprint density at radius 2 is 2.21 bits per heavy atom. The normalized spacial score (nSPS) is 28.7. The second-order valence-corrected chi connectivity index (χ2v) is 3.73. The van der Waals surface area contributed by atoms with E-state index >= 15 is 0 Å². The molecule has 2 bridgehead atoms. The van der Waals surface area contributed by atoms with Crippen LogP contribution in [0.3, 0.4) is 0 Å². The summed E-state index contributed by atoms with van der Waals surface area (Å²) in [4.78, 5) is 11.9. The van der Waals surface area contributed by atoms with Gasteiger partial charge in [0, 0.05) is 17.9 Å². The van der Waals surface area contributed by atoms with Crippen LogP contribution < -0.4 is 0 Å². The first-order valence-corrected chi connectivity index (χ1v) is 5.09. The van der Waals surface area contributed by atoms with Crippen molar-refractivity contribution in [3.63, 3.8) is 0 Å². The summed E-state index contributed by atoms with van der Waals surface area (Å²) >= 11 is 0. The van der Waals surface area contributed by atoms with E-state index in [9.17, 15) is 4.79 Å². The Labute approximate surface area is 84.6 Å². The number of carbonyl (C=O) groups excluding carboxylic acids is 1. The highest BCUT2D eigenvalue weighted by Gasteiger charge is 2.25. The molecule has 1 heteroatoms. The molecular weight excluding hydrogens is 172 g/mol. The Morgan fingerprint density at radius 3 is 3.14 bits per heavy atom. The number of allylic oxidation sites excluding steroid dienone is 2. The fraction of sp³-hybridized carbons (Fsp3) is 0.462. The minimum atomic E-state index is 0.212. The summed E-state index contributed by atoms with van der Waals surface area (Å²) in [7, 11) is 0. The Hall–Kier alpha value is -1.47. The lowest BCUT2D eigenvalue weighted by Crippen LogP contribution is -2.21. The van der Waals surface area contributed by atoms with E-state index in [2.05, 4.69) is 23.7 Å². The number of hydrogen-bond donors (Lipinski definition) is 0. The summed E-state index contributed by atoms with van der Waals surface area (Å²) in [6.45, 7) is 0. The van der Waals surface area contributed by atoms with Gasteiger partial charge in [0.05, 0.1) is 0 Å². The van der Waals surface area contributed by atoms with Gasteiger partial charge in [-0.3, -0.25) is 4.79 Å². The molecule has 2 rings (SSSR count). The molecule has 0 aromatic heterocycles. The second kappa shape index (κ2) is 4.16. The molecule has 0 spiro atoms. The summed E-state index contributed by atoms with van der Waals surface area (Å²) in [6.07, 6.45) is 6.53. The molecule has 2 aliphatic carbocycles. The Balaban J connectivity index is 2.30. The number of hydrogen-bond acceptors (Lipinski definition) is 1. The van der Waals surface area contributed by atoms with Crippen LogP contribution in [0.25, 0.3) is 0 Å². The van der Waals surface area contributed by atoms with Crippen molar-refractivity contribution in [3.05, 3.63) is 11.6 Å². The van der Waals surface area contributed by atoms with Gasteiger partial charge in [-0.1, -0.05) is 11.8 Å². The number of carbonyl (C=O) groups is 1. The molecule has 2 aliphatic rings. The molecule has 70 valence electrons. The summed E-state index contributed by atoms with van der Waals surface area (Å²) in [6, 6.07) is 0. The van der Waals surface area contributed by atoms with E-state index in [1.54, 1.807) is 6.08 Å².